The van der Waals surface area contributed by atoms with E-state index in [4.69, 9.17) is 9.84 Å². The van der Waals surface area contributed by atoms with Crippen molar-refractivity contribution in [1.82, 2.24) is 15.5 Å². The van der Waals surface area contributed by atoms with Crippen molar-refractivity contribution in [2.75, 3.05) is 20.1 Å². The Bertz CT molecular complexity index is 608. The molecule has 0 aromatic rings. The Morgan fingerprint density at radius 2 is 1.69 bits per heavy atom. The second-order valence-electron chi connectivity index (χ2n) is 9.08. The van der Waals surface area contributed by atoms with Gasteiger partial charge in [0.1, 0.15) is 18.4 Å². The third-order valence-corrected chi connectivity index (χ3v) is 3.96. The Morgan fingerprint density at radius 3 is 2.00 bits per heavy atom. The molecule has 1 heterocycles. The SMILES string of the molecule is CC(C)(C)OC(=O)NCC(=O)N1CCCC1C=O.CC(C)C.CNC(C)(C(=O)O)C(F)F. The zero-order chi connectivity index (χ0) is 25.7. The third kappa shape index (κ3) is 13.2. The summed E-state index contributed by atoms with van der Waals surface area (Å²) in [7, 11) is 1.18. The Balaban J connectivity index is 0. The first-order valence-corrected chi connectivity index (χ1v) is 10.4. The van der Waals surface area contributed by atoms with E-state index >= 15 is 0 Å². The highest BCUT2D eigenvalue weighted by Gasteiger charge is 2.41. The van der Waals surface area contributed by atoms with Gasteiger partial charge in [-0.3, -0.25) is 4.79 Å². The van der Waals surface area contributed by atoms with Crippen LogP contribution in [0.15, 0.2) is 0 Å². The molecule has 11 heteroatoms. The van der Waals surface area contributed by atoms with E-state index in [1.807, 2.05) is 5.32 Å². The molecule has 9 nitrogen and oxygen atoms in total. The summed E-state index contributed by atoms with van der Waals surface area (Å²) in [6.07, 6.45) is -1.24. The standard InChI is InChI=1S/C12H20N2O4.C5H9F2NO2.C4H10/c1-12(2,3)18-11(17)13-7-10(16)14-6-4-5-9(14)8-15;1-5(8-2,3(6)7)4(9)10;1-4(2)3/h8-9H,4-7H2,1-3H3,(H,13,17);3,8H,1-2H3,(H,9,10);4H,1-3H3. The van der Waals surface area contributed by atoms with Crippen LogP contribution in [0, 0.1) is 5.92 Å². The number of carbonyl (C=O) groups excluding carboxylic acids is 3. The molecular formula is C21H39F2N3O6. The lowest BCUT2D eigenvalue weighted by Crippen LogP contribution is -2.53. The van der Waals surface area contributed by atoms with Crippen molar-refractivity contribution in [2.24, 2.45) is 5.92 Å². The van der Waals surface area contributed by atoms with Gasteiger partial charge in [0.15, 0.2) is 5.54 Å². The minimum absolute atomic E-state index is 0.140. The molecule has 0 aromatic carbocycles. The number of ether oxygens (including phenoxy) is 1. The van der Waals surface area contributed by atoms with Crippen LogP contribution < -0.4 is 10.6 Å². The second-order valence-corrected chi connectivity index (χ2v) is 9.08. The molecule has 0 bridgehead atoms. The molecule has 2 atom stereocenters. The molecule has 1 fully saturated rings. The van der Waals surface area contributed by atoms with Crippen LogP contribution in [0.25, 0.3) is 0 Å². The van der Waals surface area contributed by atoms with Crippen LogP contribution in [-0.4, -0.2) is 78.0 Å². The van der Waals surface area contributed by atoms with Crippen LogP contribution in [0.1, 0.15) is 61.3 Å². The molecule has 2 unspecified atom stereocenters. The number of carboxylic acid groups (broad SMARTS) is 1. The zero-order valence-corrected chi connectivity index (χ0v) is 20.3. The predicted molar refractivity (Wildman–Crippen MR) is 117 cm³/mol. The Labute approximate surface area is 189 Å². The van der Waals surface area contributed by atoms with Crippen LogP contribution in [0.3, 0.4) is 0 Å². The average Bonchev–Trinajstić information content (AvgIpc) is 3.12. The van der Waals surface area contributed by atoms with Crippen molar-refractivity contribution in [1.29, 1.82) is 0 Å². The van der Waals surface area contributed by atoms with E-state index in [2.05, 4.69) is 26.1 Å². The number of hydrogen-bond donors (Lipinski definition) is 3. The van der Waals surface area contributed by atoms with Gasteiger partial charge in [0.25, 0.3) is 6.43 Å². The van der Waals surface area contributed by atoms with E-state index in [0.29, 0.717) is 13.0 Å². The number of rotatable bonds is 6. The smallest absolute Gasteiger partial charge is 0.408 e. The maximum atomic E-state index is 11.9. The van der Waals surface area contributed by atoms with Crippen LogP contribution >= 0.6 is 0 Å². The normalized spacial score (nSPS) is 17.4. The highest BCUT2D eigenvalue weighted by atomic mass is 19.3. The Kier molecular flexibility index (Phi) is 14.6. The van der Waals surface area contributed by atoms with Crippen LogP contribution in [-0.2, 0) is 19.1 Å². The number of amides is 2. The minimum atomic E-state index is -2.91. The van der Waals surface area contributed by atoms with Crippen molar-refractivity contribution in [3.63, 3.8) is 0 Å². The number of likely N-dealkylation sites (N-methyl/N-ethyl adjacent to an activating group) is 1. The van der Waals surface area contributed by atoms with E-state index in [1.165, 1.54) is 11.9 Å². The molecule has 188 valence electrons. The quantitative estimate of drug-likeness (QED) is 0.513. The van der Waals surface area contributed by atoms with E-state index < -0.39 is 29.6 Å². The summed E-state index contributed by atoms with van der Waals surface area (Å²) in [6.45, 7) is 13.1. The lowest BCUT2D eigenvalue weighted by atomic mass is 10.1. The average molecular weight is 468 g/mol. The zero-order valence-electron chi connectivity index (χ0n) is 20.3. The molecule has 0 aromatic heterocycles. The topological polar surface area (TPSA) is 125 Å². The number of aldehydes is 1. The third-order valence-electron chi connectivity index (χ3n) is 3.96. The number of hydrogen-bond acceptors (Lipinski definition) is 6. The monoisotopic (exact) mass is 467 g/mol. The number of carbonyl (C=O) groups is 4. The molecular weight excluding hydrogens is 428 g/mol. The van der Waals surface area contributed by atoms with E-state index in [-0.39, 0.29) is 18.5 Å². The lowest BCUT2D eigenvalue weighted by Gasteiger charge is -2.22. The van der Waals surface area contributed by atoms with Gasteiger partial charge in [0, 0.05) is 6.54 Å². The molecule has 0 radical (unpaired) electrons. The van der Waals surface area contributed by atoms with Gasteiger partial charge in [-0.1, -0.05) is 20.8 Å². The molecule has 1 saturated heterocycles. The Hall–Kier alpha value is -2.30. The summed E-state index contributed by atoms with van der Waals surface area (Å²) < 4.78 is 28.8. The van der Waals surface area contributed by atoms with Gasteiger partial charge in [-0.05, 0) is 53.5 Å². The van der Waals surface area contributed by atoms with Crippen molar-refractivity contribution in [3.8, 4) is 0 Å². The van der Waals surface area contributed by atoms with Gasteiger partial charge >= 0.3 is 12.1 Å². The summed E-state index contributed by atoms with van der Waals surface area (Å²) in [6, 6.07) is -0.349. The highest BCUT2D eigenvalue weighted by Crippen LogP contribution is 2.15. The number of alkyl carbamates (subject to hydrolysis) is 1. The Morgan fingerprint density at radius 1 is 1.19 bits per heavy atom. The van der Waals surface area contributed by atoms with Gasteiger partial charge in [0.2, 0.25) is 5.91 Å². The predicted octanol–water partition coefficient (Wildman–Crippen LogP) is 2.68. The number of nitrogens with one attached hydrogen (secondary N) is 2. The number of nitrogens with zero attached hydrogens (tertiary/aromatic N) is 1. The first kappa shape index (κ1) is 31.9. The first-order chi connectivity index (χ1) is 14.5. The van der Waals surface area contributed by atoms with Crippen molar-refractivity contribution >= 4 is 24.3 Å². The summed E-state index contributed by atoms with van der Waals surface area (Å²) in [5.74, 6) is -0.972. The summed E-state index contributed by atoms with van der Waals surface area (Å²) in [5, 5.41) is 12.7. The maximum Gasteiger partial charge on any atom is 0.408 e. The lowest BCUT2D eigenvalue weighted by molar-refractivity contribution is -0.150. The van der Waals surface area contributed by atoms with Crippen molar-refractivity contribution in [2.45, 2.75) is 84.9 Å². The fourth-order valence-electron chi connectivity index (χ4n) is 2.12. The van der Waals surface area contributed by atoms with Crippen LogP contribution in [0.5, 0.6) is 0 Å². The first-order valence-electron chi connectivity index (χ1n) is 10.4. The summed E-state index contributed by atoms with van der Waals surface area (Å²) in [4.78, 5) is 45.5. The van der Waals surface area contributed by atoms with Crippen LogP contribution in [0.4, 0.5) is 13.6 Å². The highest BCUT2D eigenvalue weighted by molar-refractivity contribution is 5.85. The molecule has 3 N–H and O–H groups in total. The number of halogens is 2. The number of alkyl halides is 2. The van der Waals surface area contributed by atoms with Gasteiger partial charge in [-0.15, -0.1) is 0 Å². The van der Waals surface area contributed by atoms with Crippen molar-refractivity contribution < 1.29 is 37.8 Å². The molecule has 0 saturated carbocycles. The molecule has 0 aliphatic carbocycles. The number of aliphatic carboxylic acids is 1. The number of likely N-dealkylation sites (tertiary alicyclic amines) is 1. The van der Waals surface area contributed by atoms with E-state index in [1.54, 1.807) is 20.8 Å². The minimum Gasteiger partial charge on any atom is -0.480 e. The van der Waals surface area contributed by atoms with Gasteiger partial charge in [-0.2, -0.15) is 0 Å². The summed E-state index contributed by atoms with van der Waals surface area (Å²) >= 11 is 0. The van der Waals surface area contributed by atoms with Crippen LogP contribution in [0.2, 0.25) is 0 Å². The van der Waals surface area contributed by atoms with Gasteiger partial charge in [-0.25, -0.2) is 18.4 Å². The van der Waals surface area contributed by atoms with Gasteiger partial charge in [0.05, 0.1) is 6.04 Å². The maximum absolute atomic E-state index is 11.9. The number of carboxylic acids is 1. The van der Waals surface area contributed by atoms with E-state index in [0.717, 1.165) is 25.5 Å². The summed E-state index contributed by atoms with van der Waals surface area (Å²) in [5.41, 5.74) is -2.72. The fraction of sp³-hybridized carbons (Fsp3) is 0.810. The largest absolute Gasteiger partial charge is 0.480 e. The molecule has 2 amide bonds. The molecule has 32 heavy (non-hydrogen) atoms. The molecule has 0 spiro atoms. The molecule has 1 aliphatic heterocycles. The fourth-order valence-corrected chi connectivity index (χ4v) is 2.12. The second kappa shape index (κ2) is 14.7. The van der Waals surface area contributed by atoms with Gasteiger partial charge < -0.3 is 30.2 Å². The molecule has 1 rings (SSSR count). The molecule has 1 aliphatic rings. The van der Waals surface area contributed by atoms with E-state index in [9.17, 15) is 28.0 Å². The van der Waals surface area contributed by atoms with Crippen molar-refractivity contribution in [3.05, 3.63) is 0 Å².